The molecule has 1 aromatic heterocycles. The third kappa shape index (κ3) is 3.42. The van der Waals surface area contributed by atoms with Gasteiger partial charge in [-0.25, -0.2) is 9.37 Å². The molecule has 3 nitrogen and oxygen atoms in total. The summed E-state index contributed by atoms with van der Waals surface area (Å²) in [6, 6.07) is 14.8. The summed E-state index contributed by atoms with van der Waals surface area (Å²) in [5.41, 5.74) is 1.84. The first-order valence-corrected chi connectivity index (χ1v) is 7.85. The molecule has 3 aromatic rings. The number of aromatic nitrogens is 1. The van der Waals surface area contributed by atoms with Crippen LogP contribution in [0.1, 0.15) is 21.5 Å². The molecule has 0 amide bonds. The molecule has 0 saturated carbocycles. The molecule has 25 heavy (non-hydrogen) atoms. The maximum Gasteiger partial charge on any atom is 0.206 e. The number of nitriles is 1. The molecule has 0 unspecified atom stereocenters. The summed E-state index contributed by atoms with van der Waals surface area (Å²) >= 11 is 6.19. The Kier molecular flexibility index (Phi) is 4.60. The summed E-state index contributed by atoms with van der Waals surface area (Å²) in [6.07, 6.45) is 1.34. The number of aryl methyl sites for hydroxylation is 1. The van der Waals surface area contributed by atoms with Crippen LogP contribution in [-0.2, 0) is 0 Å². The van der Waals surface area contributed by atoms with Crippen molar-refractivity contribution in [1.82, 2.24) is 4.98 Å². The summed E-state index contributed by atoms with van der Waals surface area (Å²) in [6.45, 7) is 1.95. The lowest BCUT2D eigenvalue weighted by Gasteiger charge is -2.05. The Bertz CT molecular complexity index is 1070. The van der Waals surface area contributed by atoms with Gasteiger partial charge in [0.25, 0.3) is 0 Å². The van der Waals surface area contributed by atoms with Gasteiger partial charge in [0.2, 0.25) is 5.78 Å². The Balaban J connectivity index is 2.09. The molecular weight excluding hydrogens is 339 g/mol. The summed E-state index contributed by atoms with van der Waals surface area (Å²) in [5.74, 6) is -1.37. The van der Waals surface area contributed by atoms with Crippen LogP contribution in [0.4, 0.5) is 4.39 Å². The van der Waals surface area contributed by atoms with E-state index in [1.165, 1.54) is 30.3 Å². The fraction of sp³-hybridized carbons (Fsp3) is 0.0500. The van der Waals surface area contributed by atoms with Crippen LogP contribution in [0.2, 0.25) is 5.15 Å². The SMILES string of the molecule is Cc1ccc2cc(/C=C(\C#N)C(=O)c3ccccc3F)c(Cl)nc2c1. The number of fused-ring (bicyclic) bond motifs is 1. The summed E-state index contributed by atoms with van der Waals surface area (Å²) in [7, 11) is 0. The third-order valence-corrected chi connectivity index (χ3v) is 4.04. The Morgan fingerprint density at radius 2 is 2.00 bits per heavy atom. The Morgan fingerprint density at radius 1 is 1.24 bits per heavy atom. The van der Waals surface area contributed by atoms with Crippen LogP contribution in [0.5, 0.6) is 0 Å². The molecule has 122 valence electrons. The van der Waals surface area contributed by atoms with Gasteiger partial charge in [0.05, 0.1) is 11.1 Å². The van der Waals surface area contributed by atoms with Crippen LogP contribution in [0.15, 0.2) is 54.1 Å². The van der Waals surface area contributed by atoms with Gasteiger partial charge in [-0.05, 0) is 42.8 Å². The summed E-state index contributed by atoms with van der Waals surface area (Å²) in [4.78, 5) is 16.7. The lowest BCUT2D eigenvalue weighted by molar-refractivity contribution is 0.103. The predicted octanol–water partition coefficient (Wildman–Crippen LogP) is 5.13. The number of hydrogen-bond donors (Lipinski definition) is 0. The van der Waals surface area contributed by atoms with Crippen LogP contribution in [-0.4, -0.2) is 10.8 Å². The van der Waals surface area contributed by atoms with Gasteiger partial charge in [0, 0.05) is 10.9 Å². The van der Waals surface area contributed by atoms with Crippen LogP contribution < -0.4 is 0 Å². The van der Waals surface area contributed by atoms with Crippen molar-refractivity contribution in [2.45, 2.75) is 6.92 Å². The highest BCUT2D eigenvalue weighted by atomic mass is 35.5. The molecule has 0 radical (unpaired) electrons. The zero-order valence-corrected chi connectivity index (χ0v) is 14.0. The van der Waals surface area contributed by atoms with E-state index in [1.54, 1.807) is 6.07 Å². The molecule has 0 spiro atoms. The number of ketones is 1. The third-order valence-electron chi connectivity index (χ3n) is 3.74. The first kappa shape index (κ1) is 16.8. The van der Waals surface area contributed by atoms with Gasteiger partial charge < -0.3 is 0 Å². The van der Waals surface area contributed by atoms with Crippen molar-refractivity contribution in [3.8, 4) is 6.07 Å². The van der Waals surface area contributed by atoms with Gasteiger partial charge in [-0.2, -0.15) is 5.26 Å². The van der Waals surface area contributed by atoms with Crippen molar-refractivity contribution >= 4 is 34.4 Å². The van der Waals surface area contributed by atoms with Crippen molar-refractivity contribution in [1.29, 1.82) is 5.26 Å². The Hall–Kier alpha value is -3.03. The number of rotatable bonds is 3. The van der Waals surface area contributed by atoms with Crippen LogP contribution >= 0.6 is 11.6 Å². The van der Waals surface area contributed by atoms with Crippen LogP contribution in [0, 0.1) is 24.1 Å². The van der Waals surface area contributed by atoms with Crippen molar-refractivity contribution < 1.29 is 9.18 Å². The minimum Gasteiger partial charge on any atom is -0.288 e. The molecule has 0 fully saturated rings. The second kappa shape index (κ2) is 6.84. The average molecular weight is 351 g/mol. The van der Waals surface area contributed by atoms with Crippen molar-refractivity contribution in [2.75, 3.05) is 0 Å². The molecule has 0 saturated heterocycles. The molecule has 5 heteroatoms. The van der Waals surface area contributed by atoms with E-state index < -0.39 is 11.6 Å². The van der Waals surface area contributed by atoms with Crippen LogP contribution in [0.3, 0.4) is 0 Å². The van der Waals surface area contributed by atoms with E-state index in [9.17, 15) is 14.4 Å². The standard InChI is InChI=1S/C20H12ClFN2O/c1-12-6-7-13-9-14(20(21)24-18(13)8-12)10-15(11-23)19(25)16-4-2-3-5-17(16)22/h2-10H,1H3/b15-10+. The number of hydrogen-bond acceptors (Lipinski definition) is 3. The van der Waals surface area contributed by atoms with Gasteiger partial charge in [0.1, 0.15) is 22.6 Å². The maximum atomic E-state index is 13.8. The molecule has 0 aliphatic carbocycles. The van der Waals surface area contributed by atoms with E-state index in [0.717, 1.165) is 16.5 Å². The van der Waals surface area contributed by atoms with Crippen LogP contribution in [0.25, 0.3) is 17.0 Å². The molecule has 0 aliphatic heterocycles. The van der Waals surface area contributed by atoms with E-state index in [0.29, 0.717) is 5.56 Å². The molecule has 3 rings (SSSR count). The number of carbonyl (C=O) groups is 1. The van der Waals surface area contributed by atoms with E-state index in [2.05, 4.69) is 4.98 Å². The highest BCUT2D eigenvalue weighted by molar-refractivity contribution is 6.31. The van der Waals surface area contributed by atoms with E-state index in [4.69, 9.17) is 11.6 Å². The highest BCUT2D eigenvalue weighted by Crippen LogP contribution is 2.24. The van der Waals surface area contributed by atoms with E-state index in [-0.39, 0.29) is 16.3 Å². The predicted molar refractivity (Wildman–Crippen MR) is 95.8 cm³/mol. The fourth-order valence-corrected chi connectivity index (χ4v) is 2.67. The van der Waals surface area contributed by atoms with Crippen molar-refractivity contribution in [3.63, 3.8) is 0 Å². The minimum atomic E-state index is -0.694. The highest BCUT2D eigenvalue weighted by Gasteiger charge is 2.17. The molecule has 0 N–H and O–H groups in total. The topological polar surface area (TPSA) is 53.8 Å². The van der Waals surface area contributed by atoms with Crippen molar-refractivity contribution in [3.05, 3.63) is 81.8 Å². The second-order valence-corrected chi connectivity index (χ2v) is 5.90. The average Bonchev–Trinajstić information content (AvgIpc) is 2.60. The smallest absolute Gasteiger partial charge is 0.206 e. The molecular formula is C20H12ClFN2O. The summed E-state index contributed by atoms with van der Waals surface area (Å²) in [5, 5.41) is 10.3. The quantitative estimate of drug-likeness (QED) is 0.285. The van der Waals surface area contributed by atoms with Gasteiger partial charge in [-0.3, -0.25) is 4.79 Å². The normalized spacial score (nSPS) is 11.4. The Morgan fingerprint density at radius 3 is 2.72 bits per heavy atom. The molecule has 0 bridgehead atoms. The second-order valence-electron chi connectivity index (χ2n) is 5.54. The van der Waals surface area contributed by atoms with Gasteiger partial charge >= 0.3 is 0 Å². The summed E-state index contributed by atoms with van der Waals surface area (Å²) < 4.78 is 13.8. The number of pyridine rings is 1. The zero-order chi connectivity index (χ0) is 18.0. The fourth-order valence-electron chi connectivity index (χ4n) is 2.47. The molecule has 2 aromatic carbocycles. The Labute approximate surface area is 149 Å². The number of carbonyl (C=O) groups excluding carboxylic acids is 1. The first-order valence-electron chi connectivity index (χ1n) is 7.47. The van der Waals surface area contributed by atoms with Gasteiger partial charge in [-0.15, -0.1) is 0 Å². The molecule has 0 atom stereocenters. The lowest BCUT2D eigenvalue weighted by Crippen LogP contribution is -2.04. The number of Topliss-reactive ketones (excluding diaryl/α,β-unsaturated/α-hetero) is 1. The number of benzene rings is 2. The first-order chi connectivity index (χ1) is 12.0. The van der Waals surface area contributed by atoms with Gasteiger partial charge in [0.15, 0.2) is 0 Å². The number of nitrogens with zero attached hydrogens (tertiary/aromatic N) is 2. The minimum absolute atomic E-state index is 0.157. The zero-order valence-electron chi connectivity index (χ0n) is 13.3. The molecule has 0 aliphatic rings. The number of halogens is 2. The van der Waals surface area contributed by atoms with E-state index >= 15 is 0 Å². The van der Waals surface area contributed by atoms with Gasteiger partial charge in [-0.1, -0.05) is 35.9 Å². The monoisotopic (exact) mass is 350 g/mol. The molecule has 1 heterocycles. The van der Waals surface area contributed by atoms with Crippen molar-refractivity contribution in [2.24, 2.45) is 0 Å². The lowest BCUT2D eigenvalue weighted by atomic mass is 10.0. The largest absolute Gasteiger partial charge is 0.288 e. The maximum absolute atomic E-state index is 13.8. The van der Waals surface area contributed by atoms with E-state index in [1.807, 2.05) is 31.2 Å². The number of allylic oxidation sites excluding steroid dienone is 1.